The van der Waals surface area contributed by atoms with Gasteiger partial charge in [-0.3, -0.25) is 0 Å². The number of nitrogens with zero attached hydrogens (tertiary/aromatic N) is 2. The molecule has 0 saturated carbocycles. The molecule has 7 rings (SSSR count). The zero-order chi connectivity index (χ0) is 30.9. The summed E-state index contributed by atoms with van der Waals surface area (Å²) >= 11 is 0. The lowest BCUT2D eigenvalue weighted by Gasteiger charge is -2.11. The van der Waals surface area contributed by atoms with Gasteiger partial charge in [-0.2, -0.15) is 0 Å². The third kappa shape index (κ3) is 5.19. The van der Waals surface area contributed by atoms with Gasteiger partial charge in [-0.25, -0.2) is 0 Å². The Hall–Kier alpha value is -4.82. The first kappa shape index (κ1) is 28.9. The molecule has 7 aromatic rings. The van der Waals surface area contributed by atoms with Crippen LogP contribution in [0.1, 0.15) is 67.3 Å². The first-order chi connectivity index (χ1) is 22.1. The molecule has 0 amide bonds. The van der Waals surface area contributed by atoms with E-state index in [1.807, 2.05) is 12.2 Å². The minimum atomic E-state index is 0.809. The number of unbranched alkanes of at least 4 members (excludes halogenated alkanes) is 2. The molecule has 0 aliphatic rings. The van der Waals surface area contributed by atoms with E-state index in [1.165, 1.54) is 91.7 Å². The summed E-state index contributed by atoms with van der Waals surface area (Å²) in [5, 5.41) is 5.27. The van der Waals surface area contributed by atoms with Crippen molar-refractivity contribution >= 4 is 55.8 Å². The maximum Gasteiger partial charge on any atom is 0.0596 e. The van der Waals surface area contributed by atoms with E-state index in [1.54, 1.807) is 0 Å². The maximum absolute atomic E-state index is 3.98. The molecule has 0 N–H and O–H groups in total. The predicted molar refractivity (Wildman–Crippen MR) is 197 cm³/mol. The van der Waals surface area contributed by atoms with Gasteiger partial charge >= 0.3 is 0 Å². The number of benzene rings is 5. The van der Waals surface area contributed by atoms with Crippen molar-refractivity contribution in [2.75, 3.05) is 0 Å². The second kappa shape index (κ2) is 12.3. The van der Waals surface area contributed by atoms with Crippen molar-refractivity contribution in [1.82, 2.24) is 9.13 Å². The van der Waals surface area contributed by atoms with Crippen molar-refractivity contribution in [1.29, 1.82) is 0 Å². The topological polar surface area (TPSA) is 9.86 Å². The van der Waals surface area contributed by atoms with E-state index in [4.69, 9.17) is 0 Å². The molecule has 2 heteroatoms. The van der Waals surface area contributed by atoms with Crippen LogP contribution in [0.15, 0.2) is 110 Å². The van der Waals surface area contributed by atoms with Crippen LogP contribution in [0, 0.1) is 0 Å². The summed E-state index contributed by atoms with van der Waals surface area (Å²) < 4.78 is 5.06. The molecule has 0 bridgehead atoms. The number of aryl methyl sites for hydroxylation is 2. The van der Waals surface area contributed by atoms with Crippen molar-refractivity contribution in [3.63, 3.8) is 0 Å². The Balaban J connectivity index is 1.57. The molecule has 0 fully saturated rings. The first-order valence-corrected chi connectivity index (χ1v) is 16.6. The molecule has 0 saturated heterocycles. The summed E-state index contributed by atoms with van der Waals surface area (Å²) in [5.74, 6) is 0. The average Bonchev–Trinajstić information content (AvgIpc) is 3.58. The number of rotatable bonds is 11. The zero-order valence-electron chi connectivity index (χ0n) is 26.7. The Labute approximate surface area is 266 Å². The van der Waals surface area contributed by atoms with Gasteiger partial charge in [0, 0.05) is 39.3 Å². The van der Waals surface area contributed by atoms with Gasteiger partial charge in [0.15, 0.2) is 0 Å². The van der Waals surface area contributed by atoms with Gasteiger partial charge in [0.25, 0.3) is 0 Å². The lowest BCUT2D eigenvalue weighted by Crippen LogP contribution is -2.00. The second-order valence-electron chi connectivity index (χ2n) is 12.4. The fourth-order valence-corrected chi connectivity index (χ4v) is 7.00. The molecule has 224 valence electrons. The van der Waals surface area contributed by atoms with Gasteiger partial charge < -0.3 is 9.13 Å². The Bertz CT molecular complexity index is 2170. The Morgan fingerprint density at radius 3 is 1.73 bits per heavy atom. The maximum atomic E-state index is 3.98. The van der Waals surface area contributed by atoms with Crippen LogP contribution >= 0.6 is 0 Å². The fraction of sp³-hybridized carbons (Fsp3) is 0.209. The quantitative estimate of drug-likeness (QED) is 0.143. The van der Waals surface area contributed by atoms with Crippen LogP contribution in [-0.4, -0.2) is 9.13 Å². The highest BCUT2D eigenvalue weighted by Gasteiger charge is 2.21. The molecular weight excluding hydrogens is 544 g/mol. The van der Waals surface area contributed by atoms with Crippen molar-refractivity contribution in [3.05, 3.63) is 138 Å². The molecule has 0 aliphatic heterocycles. The van der Waals surface area contributed by atoms with E-state index in [-0.39, 0.29) is 0 Å². The van der Waals surface area contributed by atoms with E-state index >= 15 is 0 Å². The Morgan fingerprint density at radius 1 is 0.556 bits per heavy atom. The van der Waals surface area contributed by atoms with E-state index in [0.29, 0.717) is 0 Å². The summed E-state index contributed by atoms with van der Waals surface area (Å²) in [6, 6.07) is 36.7. The van der Waals surface area contributed by atoms with Crippen LogP contribution in [0.25, 0.3) is 61.5 Å². The van der Waals surface area contributed by atoms with E-state index in [9.17, 15) is 0 Å². The van der Waals surface area contributed by atoms with Crippen molar-refractivity contribution in [2.24, 2.45) is 0 Å². The number of hydrogen-bond acceptors (Lipinski definition) is 0. The van der Waals surface area contributed by atoms with Gasteiger partial charge in [0.1, 0.15) is 0 Å². The molecule has 0 aliphatic carbocycles. The highest BCUT2D eigenvalue weighted by molar-refractivity contribution is 6.25. The van der Waals surface area contributed by atoms with Gasteiger partial charge in [-0.1, -0.05) is 119 Å². The Morgan fingerprint density at radius 2 is 1.11 bits per heavy atom. The monoisotopic (exact) mass is 586 g/mol. The molecule has 45 heavy (non-hydrogen) atoms. The van der Waals surface area contributed by atoms with Crippen LogP contribution in [0.2, 0.25) is 0 Å². The van der Waals surface area contributed by atoms with E-state index in [0.717, 1.165) is 30.5 Å². The highest BCUT2D eigenvalue weighted by atomic mass is 15.0. The summed E-state index contributed by atoms with van der Waals surface area (Å²) in [6.45, 7) is 13.3. The van der Waals surface area contributed by atoms with Gasteiger partial charge in [-0.15, -0.1) is 0 Å². The Kier molecular flexibility index (Phi) is 7.90. The van der Waals surface area contributed by atoms with Crippen molar-refractivity contribution in [2.45, 2.75) is 58.9 Å². The molecule has 2 aromatic heterocycles. The standard InChI is InChI=1S/C43H42N2/c1-5-9-11-32-19-23-36-37-25-26-39-42(43(37)44(40(36)27-32)29-34-15-13-30(7-3)14-16-34)38-24-20-33(12-10-6-2)28-41(38)45(39)35-21-17-31(8-4)18-22-35/h7-8,13-28H,3-6,9-12,29H2,1-2H3. The molecule has 0 spiro atoms. The van der Waals surface area contributed by atoms with Crippen LogP contribution in [0.4, 0.5) is 0 Å². The fourth-order valence-electron chi connectivity index (χ4n) is 7.00. The summed E-state index contributed by atoms with van der Waals surface area (Å²) in [4.78, 5) is 0. The van der Waals surface area contributed by atoms with Gasteiger partial charge in [0.05, 0.1) is 16.6 Å². The molecule has 5 aromatic carbocycles. The third-order valence-electron chi connectivity index (χ3n) is 9.46. The first-order valence-electron chi connectivity index (χ1n) is 16.6. The van der Waals surface area contributed by atoms with Crippen LogP contribution in [-0.2, 0) is 19.4 Å². The van der Waals surface area contributed by atoms with E-state index in [2.05, 4.69) is 133 Å². The number of hydrogen-bond donors (Lipinski definition) is 0. The molecule has 2 nitrogen and oxygen atoms in total. The molecule has 0 radical (unpaired) electrons. The van der Waals surface area contributed by atoms with Gasteiger partial charge in [-0.05, 0) is 83.8 Å². The normalized spacial score (nSPS) is 11.7. The summed E-state index contributed by atoms with van der Waals surface area (Å²) in [5.41, 5.74) is 12.7. The van der Waals surface area contributed by atoms with Crippen LogP contribution in [0.3, 0.4) is 0 Å². The molecular formula is C43H42N2. The lowest BCUT2D eigenvalue weighted by atomic mass is 10.0. The summed E-state index contributed by atoms with van der Waals surface area (Å²) in [7, 11) is 0. The average molecular weight is 587 g/mol. The number of aromatic nitrogens is 2. The summed E-state index contributed by atoms with van der Waals surface area (Å²) in [6.07, 6.45) is 10.8. The minimum absolute atomic E-state index is 0.809. The predicted octanol–water partition coefficient (Wildman–Crippen LogP) is 11.9. The van der Waals surface area contributed by atoms with Crippen LogP contribution < -0.4 is 0 Å². The highest BCUT2D eigenvalue weighted by Crippen LogP contribution is 2.41. The molecule has 0 atom stereocenters. The van der Waals surface area contributed by atoms with E-state index < -0.39 is 0 Å². The van der Waals surface area contributed by atoms with Crippen molar-refractivity contribution in [3.8, 4) is 5.69 Å². The number of fused-ring (bicyclic) bond motifs is 7. The van der Waals surface area contributed by atoms with Crippen LogP contribution in [0.5, 0.6) is 0 Å². The van der Waals surface area contributed by atoms with Crippen molar-refractivity contribution < 1.29 is 0 Å². The zero-order valence-corrected chi connectivity index (χ0v) is 26.7. The second-order valence-corrected chi connectivity index (χ2v) is 12.4. The molecule has 0 unspecified atom stereocenters. The lowest BCUT2D eigenvalue weighted by molar-refractivity contribution is 0.794. The largest absolute Gasteiger partial charge is 0.335 e. The third-order valence-corrected chi connectivity index (χ3v) is 9.46. The smallest absolute Gasteiger partial charge is 0.0596 e. The molecule has 2 heterocycles. The minimum Gasteiger partial charge on any atom is -0.335 e. The SMILES string of the molecule is C=Cc1ccc(Cn2c3cc(CCCC)ccc3c3ccc4c(c5ccc(CCCC)cc5n4-c4ccc(C=C)cc4)c32)cc1. The van der Waals surface area contributed by atoms with Gasteiger partial charge in [0.2, 0.25) is 0 Å².